The van der Waals surface area contributed by atoms with Crippen molar-refractivity contribution in [1.29, 1.82) is 0 Å². The minimum absolute atomic E-state index is 0.142. The van der Waals surface area contributed by atoms with Gasteiger partial charge in [-0.25, -0.2) is 9.97 Å². The Bertz CT molecular complexity index is 1020. The van der Waals surface area contributed by atoms with Crippen LogP contribution in [-0.4, -0.2) is 34.6 Å². The molecule has 2 aromatic heterocycles. The smallest absolute Gasteiger partial charge is 0.406 e. The summed E-state index contributed by atoms with van der Waals surface area (Å²) in [6.07, 6.45) is -0.694. The van der Waals surface area contributed by atoms with Crippen LogP contribution in [0, 0.1) is 0 Å². The summed E-state index contributed by atoms with van der Waals surface area (Å²) in [5.41, 5.74) is 2.66. The number of alkyl halides is 3. The number of aromatic nitrogens is 3. The lowest BCUT2D eigenvalue weighted by atomic mass is 10.1. The Morgan fingerprint density at radius 3 is 2.53 bits per heavy atom. The third-order valence-electron chi connectivity index (χ3n) is 4.92. The average molecular weight is 442 g/mol. The maximum absolute atomic E-state index is 12.5. The Labute approximate surface area is 177 Å². The molecule has 0 bridgehead atoms. The highest BCUT2D eigenvalue weighted by molar-refractivity contribution is 6.33. The van der Waals surface area contributed by atoms with Gasteiger partial charge in [0.25, 0.3) is 0 Å². The van der Waals surface area contributed by atoms with Gasteiger partial charge in [-0.2, -0.15) is 0 Å². The fourth-order valence-corrected chi connectivity index (χ4v) is 3.84. The summed E-state index contributed by atoms with van der Waals surface area (Å²) < 4.78 is 48.8. The number of imidazole rings is 1. The average Bonchev–Trinajstić information content (AvgIpc) is 3.06. The quantitative estimate of drug-likeness (QED) is 0.417. The van der Waals surface area contributed by atoms with E-state index in [1.807, 2.05) is 6.92 Å². The van der Waals surface area contributed by atoms with Crippen LogP contribution in [0.5, 0.6) is 5.75 Å². The van der Waals surface area contributed by atoms with Gasteiger partial charge in [0.1, 0.15) is 17.1 Å². The molecule has 30 heavy (non-hydrogen) atoms. The first-order valence-corrected chi connectivity index (χ1v) is 10.1. The Morgan fingerprint density at radius 1 is 1.17 bits per heavy atom. The molecule has 0 aliphatic heterocycles. The fraction of sp³-hybridized carbons (Fsp3) is 0.429. The van der Waals surface area contributed by atoms with Gasteiger partial charge in [0.2, 0.25) is 0 Å². The lowest BCUT2D eigenvalue weighted by Gasteiger charge is -2.19. The van der Waals surface area contributed by atoms with Crippen LogP contribution >= 0.6 is 11.6 Å². The summed E-state index contributed by atoms with van der Waals surface area (Å²) in [5.74, 6) is 0.521. The monoisotopic (exact) mass is 441 g/mol. The molecule has 5 nitrogen and oxygen atoms in total. The zero-order valence-electron chi connectivity index (χ0n) is 17.0. The van der Waals surface area contributed by atoms with Gasteiger partial charge in [0, 0.05) is 43.5 Å². The number of hydrogen-bond donors (Lipinski definition) is 0. The van der Waals surface area contributed by atoms with Crippen LogP contribution in [0.1, 0.15) is 38.6 Å². The van der Waals surface area contributed by atoms with Crippen LogP contribution in [0.15, 0.2) is 30.5 Å². The zero-order chi connectivity index (χ0) is 21.9. The number of aryl methyl sites for hydroxylation is 1. The molecule has 1 unspecified atom stereocenters. The van der Waals surface area contributed by atoms with Crippen molar-refractivity contribution in [2.45, 2.75) is 45.5 Å². The highest BCUT2D eigenvalue weighted by atomic mass is 35.5. The van der Waals surface area contributed by atoms with Crippen molar-refractivity contribution in [3.8, 4) is 16.9 Å². The molecule has 0 spiro atoms. The topological polar surface area (TPSA) is 49.2 Å². The second-order valence-electron chi connectivity index (χ2n) is 6.82. The van der Waals surface area contributed by atoms with E-state index in [4.69, 9.17) is 21.3 Å². The summed E-state index contributed by atoms with van der Waals surface area (Å²) in [4.78, 5) is 9.35. The largest absolute Gasteiger partial charge is 0.573 e. The summed E-state index contributed by atoms with van der Waals surface area (Å²) >= 11 is 6.31. The molecule has 0 aliphatic rings. The molecule has 0 amide bonds. The van der Waals surface area contributed by atoms with E-state index < -0.39 is 6.36 Å². The Balaban J connectivity index is 2.10. The second kappa shape index (κ2) is 9.22. The van der Waals surface area contributed by atoms with E-state index in [0.29, 0.717) is 29.7 Å². The Morgan fingerprint density at radius 2 is 1.93 bits per heavy atom. The number of ether oxygens (including phenoxy) is 2. The van der Waals surface area contributed by atoms with Gasteiger partial charge in [-0.1, -0.05) is 25.4 Å². The van der Waals surface area contributed by atoms with Crippen LogP contribution < -0.4 is 4.74 Å². The standard InChI is InChI=1S/C21H23ClF3N3O2/c1-4-13(9-11-29-3)28-18(5-2)27-19-16(8-10-26-20(19)28)15-7-6-14(12-17(15)22)30-21(23,24)25/h6-8,10,12-13H,4-5,9,11H2,1-3H3. The predicted molar refractivity (Wildman–Crippen MR) is 110 cm³/mol. The van der Waals surface area contributed by atoms with E-state index in [1.165, 1.54) is 12.1 Å². The molecule has 1 aromatic carbocycles. The summed E-state index contributed by atoms with van der Waals surface area (Å²) in [7, 11) is 1.67. The summed E-state index contributed by atoms with van der Waals surface area (Å²) in [6.45, 7) is 4.75. The van der Waals surface area contributed by atoms with Crippen molar-refractivity contribution < 1.29 is 22.6 Å². The minimum Gasteiger partial charge on any atom is -0.406 e. The van der Waals surface area contributed by atoms with Crippen molar-refractivity contribution in [3.63, 3.8) is 0 Å². The number of benzene rings is 1. The summed E-state index contributed by atoms with van der Waals surface area (Å²) in [6, 6.07) is 5.84. The second-order valence-corrected chi connectivity index (χ2v) is 7.22. The van der Waals surface area contributed by atoms with Crippen molar-refractivity contribution in [1.82, 2.24) is 14.5 Å². The first kappa shape index (κ1) is 22.4. The summed E-state index contributed by atoms with van der Waals surface area (Å²) in [5, 5.41) is 0.142. The fourth-order valence-electron chi connectivity index (χ4n) is 3.57. The number of methoxy groups -OCH3 is 1. The number of halogens is 4. The van der Waals surface area contributed by atoms with Gasteiger partial charge in [-0.05, 0) is 37.1 Å². The first-order valence-electron chi connectivity index (χ1n) is 9.69. The molecule has 162 valence electrons. The molecule has 9 heteroatoms. The Kier molecular flexibility index (Phi) is 6.88. The third kappa shape index (κ3) is 4.70. The van der Waals surface area contributed by atoms with E-state index in [9.17, 15) is 13.2 Å². The van der Waals surface area contributed by atoms with Gasteiger partial charge >= 0.3 is 6.36 Å². The number of rotatable bonds is 8. The van der Waals surface area contributed by atoms with Crippen LogP contribution in [-0.2, 0) is 11.2 Å². The molecule has 3 rings (SSSR count). The zero-order valence-corrected chi connectivity index (χ0v) is 17.7. The van der Waals surface area contributed by atoms with Gasteiger partial charge in [0.15, 0.2) is 5.65 Å². The molecule has 3 aromatic rings. The molecule has 0 aliphatic carbocycles. The molecule has 0 saturated carbocycles. The van der Waals surface area contributed by atoms with Crippen molar-refractivity contribution in [3.05, 3.63) is 41.3 Å². The molecule has 1 atom stereocenters. The van der Waals surface area contributed by atoms with E-state index in [0.717, 1.165) is 30.4 Å². The minimum atomic E-state index is -4.78. The molecule has 0 radical (unpaired) electrons. The normalized spacial score (nSPS) is 13.0. The van der Waals surface area contributed by atoms with Crippen LogP contribution in [0.2, 0.25) is 5.02 Å². The maximum Gasteiger partial charge on any atom is 0.573 e. The molecule has 0 saturated heterocycles. The first-order chi connectivity index (χ1) is 14.3. The van der Waals surface area contributed by atoms with Gasteiger partial charge < -0.3 is 14.0 Å². The highest BCUT2D eigenvalue weighted by Crippen LogP contribution is 2.37. The van der Waals surface area contributed by atoms with Crippen molar-refractivity contribution in [2.75, 3.05) is 13.7 Å². The molecule has 2 heterocycles. The van der Waals surface area contributed by atoms with E-state index in [2.05, 4.69) is 21.2 Å². The molecule has 0 N–H and O–H groups in total. The highest BCUT2D eigenvalue weighted by Gasteiger charge is 2.31. The Hall–Kier alpha value is -2.32. The number of hydrogen-bond acceptors (Lipinski definition) is 4. The van der Waals surface area contributed by atoms with E-state index in [1.54, 1.807) is 19.4 Å². The maximum atomic E-state index is 12.5. The molecular weight excluding hydrogens is 419 g/mol. The van der Waals surface area contributed by atoms with Crippen molar-refractivity contribution in [2.24, 2.45) is 0 Å². The number of nitrogens with zero attached hydrogens (tertiary/aromatic N) is 3. The van der Waals surface area contributed by atoms with Crippen molar-refractivity contribution >= 4 is 22.8 Å². The van der Waals surface area contributed by atoms with Gasteiger partial charge in [-0.15, -0.1) is 13.2 Å². The lowest BCUT2D eigenvalue weighted by Crippen LogP contribution is -2.17. The number of pyridine rings is 1. The van der Waals surface area contributed by atoms with E-state index >= 15 is 0 Å². The van der Waals surface area contributed by atoms with Crippen LogP contribution in [0.4, 0.5) is 13.2 Å². The van der Waals surface area contributed by atoms with Gasteiger partial charge in [0.05, 0.1) is 5.02 Å². The molecule has 0 fully saturated rings. The molecular formula is C21H23ClF3N3O2. The van der Waals surface area contributed by atoms with Crippen LogP contribution in [0.3, 0.4) is 0 Å². The lowest BCUT2D eigenvalue weighted by molar-refractivity contribution is -0.274. The predicted octanol–water partition coefficient (Wildman–Crippen LogP) is 6.20. The van der Waals surface area contributed by atoms with Gasteiger partial charge in [-0.3, -0.25) is 0 Å². The third-order valence-corrected chi connectivity index (χ3v) is 5.24. The van der Waals surface area contributed by atoms with Crippen LogP contribution in [0.25, 0.3) is 22.3 Å². The number of fused-ring (bicyclic) bond motifs is 1. The SMILES string of the molecule is CCc1nc2c(-c3ccc(OC(F)(F)F)cc3Cl)ccnc2n1C(CC)CCOC. The van der Waals surface area contributed by atoms with E-state index in [-0.39, 0.29) is 16.8 Å².